The van der Waals surface area contributed by atoms with Crippen molar-refractivity contribution in [2.75, 3.05) is 24.7 Å². The second-order valence-electron chi connectivity index (χ2n) is 6.49. The molecule has 0 bridgehead atoms. The van der Waals surface area contributed by atoms with Crippen LogP contribution in [0, 0.1) is 5.92 Å². The summed E-state index contributed by atoms with van der Waals surface area (Å²) < 4.78 is 11.8. The van der Waals surface area contributed by atoms with E-state index in [9.17, 15) is 4.79 Å². The van der Waals surface area contributed by atoms with Gasteiger partial charge in [0, 0.05) is 25.6 Å². The van der Waals surface area contributed by atoms with Gasteiger partial charge in [-0.25, -0.2) is 0 Å². The number of carbonyl (C=O) groups excluding carboxylic acids is 1. The Balaban J connectivity index is 1.54. The van der Waals surface area contributed by atoms with Gasteiger partial charge in [0.1, 0.15) is 5.78 Å². The van der Waals surface area contributed by atoms with E-state index < -0.39 is 0 Å². The number of carbonyl (C=O) groups is 1. The van der Waals surface area contributed by atoms with E-state index in [4.69, 9.17) is 9.47 Å². The van der Waals surface area contributed by atoms with Gasteiger partial charge >= 0.3 is 0 Å². The Labute approximate surface area is 126 Å². The quantitative estimate of drug-likeness (QED) is 0.801. The van der Waals surface area contributed by atoms with Crippen molar-refractivity contribution in [2.24, 2.45) is 5.92 Å². The van der Waals surface area contributed by atoms with Crippen LogP contribution in [-0.4, -0.2) is 42.2 Å². The summed E-state index contributed by atoms with van der Waals surface area (Å²) in [5.74, 6) is 3.02. The minimum Gasteiger partial charge on any atom is -0.378 e. The molecule has 3 rings (SSSR count). The van der Waals surface area contributed by atoms with Crippen molar-refractivity contribution < 1.29 is 14.3 Å². The molecule has 0 saturated carbocycles. The summed E-state index contributed by atoms with van der Waals surface area (Å²) in [5, 5.41) is 0. The van der Waals surface area contributed by atoms with Gasteiger partial charge in [0.2, 0.25) is 0 Å². The summed E-state index contributed by atoms with van der Waals surface area (Å²) in [4.78, 5) is 12.6. The van der Waals surface area contributed by atoms with Crippen molar-refractivity contribution in [1.29, 1.82) is 0 Å². The zero-order valence-electron chi connectivity index (χ0n) is 12.3. The molecule has 2 atom stereocenters. The number of hydrogen-bond donors (Lipinski definition) is 0. The van der Waals surface area contributed by atoms with Crippen molar-refractivity contribution >= 4 is 17.5 Å². The van der Waals surface area contributed by atoms with E-state index in [1.54, 1.807) is 0 Å². The largest absolute Gasteiger partial charge is 0.378 e. The Morgan fingerprint density at radius 3 is 2.75 bits per heavy atom. The minimum atomic E-state index is 0.0250. The van der Waals surface area contributed by atoms with E-state index in [2.05, 4.69) is 0 Å². The molecule has 3 aliphatic heterocycles. The van der Waals surface area contributed by atoms with Crippen molar-refractivity contribution in [1.82, 2.24) is 0 Å². The summed E-state index contributed by atoms with van der Waals surface area (Å²) in [5.41, 5.74) is 0.0250. The third-order valence-electron chi connectivity index (χ3n) is 5.06. The molecular formula is C16H26O3S. The average molecular weight is 298 g/mol. The van der Waals surface area contributed by atoms with Crippen LogP contribution in [0.1, 0.15) is 51.4 Å². The van der Waals surface area contributed by atoms with Crippen molar-refractivity contribution in [3.63, 3.8) is 0 Å². The molecule has 4 heteroatoms. The molecule has 0 aromatic rings. The molecule has 0 aliphatic carbocycles. The summed E-state index contributed by atoms with van der Waals surface area (Å²) >= 11 is 2.02. The number of ether oxygens (including phenoxy) is 2. The number of ketones is 1. The van der Waals surface area contributed by atoms with E-state index in [0.29, 0.717) is 12.2 Å². The molecule has 0 aromatic carbocycles. The maximum Gasteiger partial charge on any atom is 0.138 e. The Kier molecular flexibility index (Phi) is 5.05. The fourth-order valence-corrected chi connectivity index (χ4v) is 4.99. The van der Waals surface area contributed by atoms with Crippen LogP contribution in [0.4, 0.5) is 0 Å². The summed E-state index contributed by atoms with van der Waals surface area (Å²) in [7, 11) is 0. The number of rotatable bonds is 3. The van der Waals surface area contributed by atoms with E-state index in [-0.39, 0.29) is 17.6 Å². The van der Waals surface area contributed by atoms with Crippen LogP contribution in [0.5, 0.6) is 0 Å². The third kappa shape index (κ3) is 3.58. The molecule has 114 valence electrons. The van der Waals surface area contributed by atoms with Crippen molar-refractivity contribution in [3.05, 3.63) is 0 Å². The van der Waals surface area contributed by atoms with Crippen LogP contribution in [-0.2, 0) is 14.3 Å². The van der Waals surface area contributed by atoms with E-state index >= 15 is 0 Å². The van der Waals surface area contributed by atoms with Crippen LogP contribution in [0.15, 0.2) is 0 Å². The molecule has 0 amide bonds. The lowest BCUT2D eigenvalue weighted by molar-refractivity contribution is -0.141. The summed E-state index contributed by atoms with van der Waals surface area (Å²) in [6.45, 7) is 1.61. The highest BCUT2D eigenvalue weighted by molar-refractivity contribution is 7.99. The van der Waals surface area contributed by atoms with Crippen LogP contribution in [0.3, 0.4) is 0 Å². The maximum absolute atomic E-state index is 12.6. The van der Waals surface area contributed by atoms with E-state index in [0.717, 1.165) is 51.7 Å². The van der Waals surface area contributed by atoms with Crippen molar-refractivity contribution in [3.8, 4) is 0 Å². The standard InChI is InChI=1S/C16H26O3S/c17-15(11-14-3-1-2-7-18-14)13-4-8-19-16(12-13)5-9-20-10-6-16/h13-14H,1-12H2. The zero-order chi connectivity index (χ0) is 13.8. The fourth-order valence-electron chi connectivity index (χ4n) is 3.75. The smallest absolute Gasteiger partial charge is 0.138 e. The highest BCUT2D eigenvalue weighted by atomic mass is 32.2. The van der Waals surface area contributed by atoms with Crippen LogP contribution >= 0.6 is 11.8 Å². The SMILES string of the molecule is O=C(CC1CCCCO1)C1CCOC2(CCSCC2)C1. The van der Waals surface area contributed by atoms with Gasteiger partial charge < -0.3 is 9.47 Å². The first-order valence-corrected chi connectivity index (χ1v) is 9.29. The van der Waals surface area contributed by atoms with E-state index in [1.165, 1.54) is 17.9 Å². The molecule has 1 spiro atoms. The Morgan fingerprint density at radius 2 is 2.00 bits per heavy atom. The molecule has 3 saturated heterocycles. The van der Waals surface area contributed by atoms with Gasteiger partial charge in [-0.3, -0.25) is 4.79 Å². The maximum atomic E-state index is 12.6. The zero-order valence-corrected chi connectivity index (χ0v) is 13.1. The predicted molar refractivity (Wildman–Crippen MR) is 81.2 cm³/mol. The molecule has 0 radical (unpaired) electrons. The molecule has 0 N–H and O–H groups in total. The lowest BCUT2D eigenvalue weighted by Gasteiger charge is -2.43. The van der Waals surface area contributed by atoms with Gasteiger partial charge in [-0.1, -0.05) is 0 Å². The van der Waals surface area contributed by atoms with Gasteiger partial charge in [-0.15, -0.1) is 0 Å². The Bertz CT molecular complexity index is 327. The van der Waals surface area contributed by atoms with Crippen LogP contribution < -0.4 is 0 Å². The van der Waals surface area contributed by atoms with Gasteiger partial charge in [0.15, 0.2) is 0 Å². The normalized spacial score (nSPS) is 34.0. The fraction of sp³-hybridized carbons (Fsp3) is 0.938. The van der Waals surface area contributed by atoms with Gasteiger partial charge in [0.25, 0.3) is 0 Å². The highest BCUT2D eigenvalue weighted by Gasteiger charge is 2.41. The molecule has 20 heavy (non-hydrogen) atoms. The lowest BCUT2D eigenvalue weighted by Crippen LogP contribution is -2.45. The minimum absolute atomic E-state index is 0.0250. The van der Waals surface area contributed by atoms with Gasteiger partial charge in [-0.2, -0.15) is 11.8 Å². The first-order valence-electron chi connectivity index (χ1n) is 8.13. The molecule has 3 nitrogen and oxygen atoms in total. The van der Waals surface area contributed by atoms with Crippen LogP contribution in [0.2, 0.25) is 0 Å². The molecule has 3 fully saturated rings. The monoisotopic (exact) mass is 298 g/mol. The Morgan fingerprint density at radius 1 is 1.15 bits per heavy atom. The number of hydrogen-bond acceptors (Lipinski definition) is 4. The molecule has 0 aromatic heterocycles. The first-order chi connectivity index (χ1) is 9.77. The molecule has 3 aliphatic rings. The highest BCUT2D eigenvalue weighted by Crippen LogP contribution is 2.40. The lowest BCUT2D eigenvalue weighted by atomic mass is 9.79. The molecule has 3 heterocycles. The second kappa shape index (κ2) is 6.80. The van der Waals surface area contributed by atoms with Gasteiger partial charge in [0.05, 0.1) is 11.7 Å². The molecule has 2 unspecified atom stereocenters. The second-order valence-corrected chi connectivity index (χ2v) is 7.72. The number of thioether (sulfide) groups is 1. The van der Waals surface area contributed by atoms with Crippen LogP contribution in [0.25, 0.3) is 0 Å². The topological polar surface area (TPSA) is 35.5 Å². The summed E-state index contributed by atoms with van der Waals surface area (Å²) in [6, 6.07) is 0. The van der Waals surface area contributed by atoms with E-state index in [1.807, 2.05) is 11.8 Å². The first kappa shape index (κ1) is 14.9. The van der Waals surface area contributed by atoms with Gasteiger partial charge in [-0.05, 0) is 56.5 Å². The number of Topliss-reactive ketones (excluding diaryl/α,β-unsaturated/α-hetero) is 1. The summed E-state index contributed by atoms with van der Waals surface area (Å²) in [6.07, 6.45) is 8.39. The predicted octanol–water partition coefficient (Wildman–Crippen LogP) is 3.21. The average Bonchev–Trinajstić information content (AvgIpc) is 2.49. The Hall–Kier alpha value is -0.0600. The molecular weight excluding hydrogens is 272 g/mol. The van der Waals surface area contributed by atoms with Crippen molar-refractivity contribution in [2.45, 2.75) is 63.1 Å². The third-order valence-corrected chi connectivity index (χ3v) is 6.04.